The molecule has 0 radical (unpaired) electrons. The van der Waals surface area contributed by atoms with Gasteiger partial charge in [-0.1, -0.05) is 0 Å². The van der Waals surface area contributed by atoms with Gasteiger partial charge in [-0.3, -0.25) is 4.90 Å². The zero-order chi connectivity index (χ0) is 13.7. The van der Waals surface area contributed by atoms with E-state index in [1.54, 1.807) is 18.2 Å². The van der Waals surface area contributed by atoms with Gasteiger partial charge < -0.3 is 14.6 Å². The van der Waals surface area contributed by atoms with Gasteiger partial charge in [-0.15, -0.1) is 12.4 Å². The zero-order valence-corrected chi connectivity index (χ0v) is 12.3. The van der Waals surface area contributed by atoms with Gasteiger partial charge >= 0.3 is 5.97 Å². The van der Waals surface area contributed by atoms with Gasteiger partial charge in [0.05, 0.1) is 25.4 Å². The van der Waals surface area contributed by atoms with Crippen molar-refractivity contribution in [2.75, 3.05) is 32.9 Å². The Labute approximate surface area is 124 Å². The fourth-order valence-electron chi connectivity index (χ4n) is 2.13. The molecule has 20 heavy (non-hydrogen) atoms. The molecule has 112 valence electrons. The van der Waals surface area contributed by atoms with Gasteiger partial charge in [0.1, 0.15) is 5.75 Å². The summed E-state index contributed by atoms with van der Waals surface area (Å²) in [7, 11) is 0. The highest BCUT2D eigenvalue weighted by atomic mass is 35.5. The van der Waals surface area contributed by atoms with Gasteiger partial charge in [-0.05, 0) is 25.1 Å². The summed E-state index contributed by atoms with van der Waals surface area (Å²) >= 11 is 0. The van der Waals surface area contributed by atoms with Crippen LogP contribution in [-0.2, 0) is 11.3 Å². The predicted octanol–water partition coefficient (Wildman–Crippen LogP) is 2.04. The van der Waals surface area contributed by atoms with E-state index in [1.807, 2.05) is 6.92 Å². The van der Waals surface area contributed by atoms with Crippen LogP contribution in [0.2, 0.25) is 0 Å². The highest BCUT2D eigenvalue weighted by Crippen LogP contribution is 2.22. The fourth-order valence-corrected chi connectivity index (χ4v) is 2.13. The second-order valence-corrected chi connectivity index (χ2v) is 4.45. The van der Waals surface area contributed by atoms with E-state index in [0.717, 1.165) is 37.6 Å². The van der Waals surface area contributed by atoms with E-state index in [2.05, 4.69) is 4.90 Å². The van der Waals surface area contributed by atoms with Crippen LogP contribution in [0.5, 0.6) is 5.75 Å². The molecular formula is C14H20ClNO4. The molecule has 1 aliphatic heterocycles. The summed E-state index contributed by atoms with van der Waals surface area (Å²) in [5.74, 6) is -0.148. The van der Waals surface area contributed by atoms with E-state index in [-0.39, 0.29) is 12.4 Å². The third kappa shape index (κ3) is 4.37. The van der Waals surface area contributed by atoms with Crippen molar-refractivity contribution in [3.8, 4) is 5.75 Å². The van der Waals surface area contributed by atoms with Crippen LogP contribution in [0.4, 0.5) is 0 Å². The SMILES string of the molecule is CCOc1ccc(C(=O)O)cc1CN1CCOCC1.Cl. The van der Waals surface area contributed by atoms with Crippen molar-refractivity contribution in [1.82, 2.24) is 4.90 Å². The average molecular weight is 302 g/mol. The predicted molar refractivity (Wildman–Crippen MR) is 77.9 cm³/mol. The highest BCUT2D eigenvalue weighted by molar-refractivity contribution is 5.88. The molecule has 1 heterocycles. The van der Waals surface area contributed by atoms with Crippen molar-refractivity contribution in [2.45, 2.75) is 13.5 Å². The minimum Gasteiger partial charge on any atom is -0.494 e. The molecule has 5 nitrogen and oxygen atoms in total. The summed E-state index contributed by atoms with van der Waals surface area (Å²) in [6.45, 7) is 6.36. The molecule has 6 heteroatoms. The van der Waals surface area contributed by atoms with Crippen molar-refractivity contribution in [3.63, 3.8) is 0 Å². The molecule has 0 atom stereocenters. The molecule has 1 aliphatic rings. The van der Waals surface area contributed by atoms with Gasteiger partial charge in [0.15, 0.2) is 0 Å². The van der Waals surface area contributed by atoms with Crippen LogP contribution >= 0.6 is 12.4 Å². The maximum absolute atomic E-state index is 11.0. The van der Waals surface area contributed by atoms with Crippen molar-refractivity contribution in [3.05, 3.63) is 29.3 Å². The number of carboxylic acids is 1. The van der Waals surface area contributed by atoms with Gasteiger partial charge in [0.25, 0.3) is 0 Å². The number of ether oxygens (including phenoxy) is 2. The smallest absolute Gasteiger partial charge is 0.335 e. The summed E-state index contributed by atoms with van der Waals surface area (Å²) in [6, 6.07) is 5.02. The first kappa shape index (κ1) is 16.8. The fraction of sp³-hybridized carbons (Fsp3) is 0.500. The molecule has 0 amide bonds. The summed E-state index contributed by atoms with van der Waals surface area (Å²) in [6.07, 6.45) is 0. The number of nitrogens with zero attached hydrogens (tertiary/aromatic N) is 1. The Balaban J connectivity index is 0.00000200. The van der Waals surface area contributed by atoms with E-state index < -0.39 is 5.97 Å². The number of hydrogen-bond donors (Lipinski definition) is 1. The summed E-state index contributed by atoms with van der Waals surface area (Å²) in [5.41, 5.74) is 1.22. The maximum atomic E-state index is 11.0. The molecule has 1 N–H and O–H groups in total. The molecule has 1 fully saturated rings. The lowest BCUT2D eigenvalue weighted by atomic mass is 10.1. The second kappa shape index (κ2) is 8.09. The van der Waals surface area contributed by atoms with E-state index in [0.29, 0.717) is 18.7 Å². The second-order valence-electron chi connectivity index (χ2n) is 4.45. The Hall–Kier alpha value is -1.30. The Morgan fingerprint density at radius 3 is 2.70 bits per heavy atom. The van der Waals surface area contributed by atoms with E-state index >= 15 is 0 Å². The number of carbonyl (C=O) groups is 1. The summed E-state index contributed by atoms with van der Waals surface area (Å²) < 4.78 is 10.9. The number of halogens is 1. The van der Waals surface area contributed by atoms with Crippen LogP contribution in [0.15, 0.2) is 18.2 Å². The van der Waals surface area contributed by atoms with Gasteiger partial charge in [0, 0.05) is 25.2 Å². The van der Waals surface area contributed by atoms with Crippen LogP contribution in [0, 0.1) is 0 Å². The first-order valence-electron chi connectivity index (χ1n) is 6.50. The average Bonchev–Trinajstić information content (AvgIpc) is 2.42. The van der Waals surface area contributed by atoms with E-state index in [4.69, 9.17) is 14.6 Å². The number of benzene rings is 1. The molecule has 1 aromatic rings. The number of aromatic carboxylic acids is 1. The van der Waals surface area contributed by atoms with Gasteiger partial charge in [0.2, 0.25) is 0 Å². The molecule has 0 unspecified atom stereocenters. The lowest BCUT2D eigenvalue weighted by molar-refractivity contribution is 0.0338. The summed E-state index contributed by atoms with van der Waals surface area (Å²) in [5, 5.41) is 9.06. The molecule has 0 saturated carbocycles. The third-order valence-electron chi connectivity index (χ3n) is 3.10. The van der Waals surface area contributed by atoms with Crippen LogP contribution < -0.4 is 4.74 Å². The maximum Gasteiger partial charge on any atom is 0.335 e. The molecule has 2 rings (SSSR count). The Kier molecular flexibility index (Phi) is 6.78. The molecule has 0 bridgehead atoms. The zero-order valence-electron chi connectivity index (χ0n) is 11.5. The van der Waals surface area contributed by atoms with Gasteiger partial charge in [-0.2, -0.15) is 0 Å². The summed E-state index contributed by atoms with van der Waals surface area (Å²) in [4.78, 5) is 13.3. The van der Waals surface area contributed by atoms with Crippen LogP contribution in [0.3, 0.4) is 0 Å². The lowest BCUT2D eigenvalue weighted by Crippen LogP contribution is -2.35. The lowest BCUT2D eigenvalue weighted by Gasteiger charge is -2.27. The first-order chi connectivity index (χ1) is 9.20. The number of hydrogen-bond acceptors (Lipinski definition) is 4. The normalized spacial score (nSPS) is 15.4. The van der Waals surface area contributed by atoms with Crippen molar-refractivity contribution >= 4 is 18.4 Å². The van der Waals surface area contributed by atoms with E-state index in [1.165, 1.54) is 0 Å². The quantitative estimate of drug-likeness (QED) is 0.902. The molecule has 1 aromatic carbocycles. The molecule has 0 aromatic heterocycles. The Morgan fingerprint density at radius 2 is 2.10 bits per heavy atom. The number of carboxylic acid groups (broad SMARTS) is 1. The highest BCUT2D eigenvalue weighted by Gasteiger charge is 2.15. The van der Waals surface area contributed by atoms with E-state index in [9.17, 15) is 4.79 Å². The monoisotopic (exact) mass is 301 g/mol. The topological polar surface area (TPSA) is 59.0 Å². The Bertz CT molecular complexity index is 447. The standard InChI is InChI=1S/C14H19NO4.ClH/c1-2-19-13-4-3-11(14(16)17)9-12(13)10-15-5-7-18-8-6-15;/h3-4,9H,2,5-8,10H2,1H3,(H,16,17);1H. The van der Waals surface area contributed by atoms with Crippen LogP contribution in [0.1, 0.15) is 22.8 Å². The van der Waals surface area contributed by atoms with Crippen molar-refractivity contribution in [2.24, 2.45) is 0 Å². The first-order valence-corrected chi connectivity index (χ1v) is 6.50. The number of rotatable bonds is 5. The Morgan fingerprint density at radius 1 is 1.40 bits per heavy atom. The molecule has 0 aliphatic carbocycles. The van der Waals surface area contributed by atoms with Gasteiger partial charge in [-0.25, -0.2) is 4.79 Å². The largest absolute Gasteiger partial charge is 0.494 e. The van der Waals surface area contributed by atoms with Crippen LogP contribution in [0.25, 0.3) is 0 Å². The van der Waals surface area contributed by atoms with Crippen LogP contribution in [-0.4, -0.2) is 48.9 Å². The molecule has 1 saturated heterocycles. The van der Waals surface area contributed by atoms with Crippen molar-refractivity contribution in [1.29, 1.82) is 0 Å². The molecular weight excluding hydrogens is 282 g/mol. The minimum absolute atomic E-state index is 0. The number of morpholine rings is 1. The molecule has 0 spiro atoms. The third-order valence-corrected chi connectivity index (χ3v) is 3.10. The minimum atomic E-state index is -0.911. The van der Waals surface area contributed by atoms with Crippen molar-refractivity contribution < 1.29 is 19.4 Å².